The SMILES string of the molecule is CC(C)(C)OC(=O)N1C[C@H]2CC[C@@H](C1)N2c1nc(OCC23CCCN2CCC3)nc2c(F)c(Br)c(Cl)cc12. The number of piperazine rings is 1. The van der Waals surface area contributed by atoms with Crippen LogP contribution in [-0.2, 0) is 4.74 Å². The van der Waals surface area contributed by atoms with Crippen LogP contribution in [0.5, 0.6) is 6.01 Å². The number of likely N-dealkylation sites (tertiary alicyclic amines) is 1. The normalized spacial score (nSPS) is 24.8. The van der Waals surface area contributed by atoms with Crippen LogP contribution >= 0.6 is 27.5 Å². The molecule has 5 heterocycles. The number of fused-ring (bicyclic) bond motifs is 4. The van der Waals surface area contributed by atoms with Crippen LogP contribution in [-0.4, -0.2) is 81.9 Å². The van der Waals surface area contributed by atoms with Crippen molar-refractivity contribution in [3.63, 3.8) is 0 Å². The highest BCUT2D eigenvalue weighted by Gasteiger charge is 2.46. The van der Waals surface area contributed by atoms with Gasteiger partial charge in [-0.3, -0.25) is 4.90 Å². The average Bonchev–Trinajstić information content (AvgIpc) is 3.50. The molecule has 2 aromatic rings. The Morgan fingerprint density at radius 1 is 1.18 bits per heavy atom. The number of anilines is 1. The Bertz CT molecular complexity index is 1250. The minimum atomic E-state index is -0.558. The summed E-state index contributed by atoms with van der Waals surface area (Å²) in [6, 6.07) is 1.95. The van der Waals surface area contributed by atoms with Crippen LogP contribution in [0.1, 0.15) is 59.3 Å². The number of hydrogen-bond donors (Lipinski definition) is 0. The summed E-state index contributed by atoms with van der Waals surface area (Å²) in [5.74, 6) is 0.0871. The van der Waals surface area contributed by atoms with Gasteiger partial charge in [0.25, 0.3) is 0 Å². The Balaban J connectivity index is 1.34. The highest BCUT2D eigenvalue weighted by molar-refractivity contribution is 9.10. The Kier molecular flexibility index (Phi) is 6.67. The van der Waals surface area contributed by atoms with Gasteiger partial charge in [0.1, 0.15) is 23.5 Å². The molecule has 0 aliphatic carbocycles. The number of amides is 1. The molecule has 6 rings (SSSR count). The van der Waals surface area contributed by atoms with E-state index in [9.17, 15) is 4.79 Å². The lowest BCUT2D eigenvalue weighted by atomic mass is 9.95. The number of ether oxygens (including phenoxy) is 2. The summed E-state index contributed by atoms with van der Waals surface area (Å²) in [5, 5.41) is 0.812. The molecule has 8 nitrogen and oxygen atoms in total. The second kappa shape index (κ2) is 9.63. The lowest BCUT2D eigenvalue weighted by Gasteiger charge is -2.42. The maximum Gasteiger partial charge on any atom is 0.410 e. The van der Waals surface area contributed by atoms with E-state index in [1.54, 1.807) is 11.0 Å². The molecule has 2 atom stereocenters. The average molecular weight is 611 g/mol. The first-order valence-electron chi connectivity index (χ1n) is 13.5. The monoisotopic (exact) mass is 609 g/mol. The van der Waals surface area contributed by atoms with E-state index in [-0.39, 0.29) is 44.7 Å². The number of halogens is 3. The number of rotatable bonds is 4. The van der Waals surface area contributed by atoms with Crippen LogP contribution in [0, 0.1) is 5.82 Å². The maximum absolute atomic E-state index is 15.5. The van der Waals surface area contributed by atoms with Crippen molar-refractivity contribution < 1.29 is 18.7 Å². The summed E-state index contributed by atoms with van der Waals surface area (Å²) >= 11 is 9.67. The van der Waals surface area contributed by atoms with E-state index < -0.39 is 11.4 Å². The third-order valence-corrected chi connectivity index (χ3v) is 9.75. The van der Waals surface area contributed by atoms with Crippen molar-refractivity contribution in [1.82, 2.24) is 19.8 Å². The zero-order chi connectivity index (χ0) is 26.8. The second-order valence-corrected chi connectivity index (χ2v) is 13.3. The molecule has 4 aliphatic rings. The van der Waals surface area contributed by atoms with Crippen molar-refractivity contribution in [2.75, 3.05) is 37.7 Å². The van der Waals surface area contributed by atoms with E-state index in [4.69, 9.17) is 26.1 Å². The van der Waals surface area contributed by atoms with Gasteiger partial charge in [0.05, 0.1) is 15.0 Å². The number of aromatic nitrogens is 2. The second-order valence-electron chi connectivity index (χ2n) is 12.1. The first-order valence-corrected chi connectivity index (χ1v) is 14.7. The zero-order valence-electron chi connectivity index (χ0n) is 22.1. The summed E-state index contributed by atoms with van der Waals surface area (Å²) in [7, 11) is 0. The summed E-state index contributed by atoms with van der Waals surface area (Å²) in [6.07, 6.45) is 6.02. The van der Waals surface area contributed by atoms with E-state index in [2.05, 4.69) is 30.7 Å². The smallest absolute Gasteiger partial charge is 0.410 e. The van der Waals surface area contributed by atoms with Gasteiger partial charge in [-0.2, -0.15) is 9.97 Å². The fourth-order valence-corrected chi connectivity index (χ4v) is 7.28. The van der Waals surface area contributed by atoms with Gasteiger partial charge in [-0.25, -0.2) is 9.18 Å². The van der Waals surface area contributed by atoms with E-state index in [1.165, 1.54) is 12.8 Å². The van der Waals surface area contributed by atoms with Crippen molar-refractivity contribution in [3.05, 3.63) is 21.4 Å². The van der Waals surface area contributed by atoms with Crippen LogP contribution < -0.4 is 9.64 Å². The maximum atomic E-state index is 15.5. The van der Waals surface area contributed by atoms with Crippen LogP contribution in [0.4, 0.5) is 15.0 Å². The predicted octanol–water partition coefficient (Wildman–Crippen LogP) is 5.78. The Labute approximate surface area is 235 Å². The number of carbonyl (C=O) groups excluding carboxylic acids is 1. The van der Waals surface area contributed by atoms with E-state index in [1.807, 2.05) is 20.8 Å². The first-order chi connectivity index (χ1) is 18.0. The minimum absolute atomic E-state index is 0.0235. The van der Waals surface area contributed by atoms with Gasteiger partial charge in [-0.1, -0.05) is 11.6 Å². The molecule has 1 amide bonds. The highest BCUT2D eigenvalue weighted by atomic mass is 79.9. The standard InChI is InChI=1S/C27H34BrClFN5O3/c1-26(2,3)38-25(36)33-13-16-6-7-17(14-33)35(16)23-18-12-19(29)20(28)21(30)22(18)31-24(32-23)37-15-27-8-4-10-34(27)11-5-9-27/h12,16-17H,4-11,13-15H2,1-3H3/t16-,17+. The molecule has 0 unspecified atom stereocenters. The predicted molar refractivity (Wildman–Crippen MR) is 148 cm³/mol. The van der Waals surface area contributed by atoms with Crippen LogP contribution in [0.25, 0.3) is 10.9 Å². The molecule has 2 bridgehead atoms. The molecular formula is C27H34BrClFN5O3. The number of hydrogen-bond acceptors (Lipinski definition) is 7. The molecule has 1 aromatic carbocycles. The Morgan fingerprint density at radius 2 is 1.84 bits per heavy atom. The first kappa shape index (κ1) is 26.3. The summed E-state index contributed by atoms with van der Waals surface area (Å²) in [6.45, 7) is 9.32. The molecule has 4 fully saturated rings. The molecule has 0 spiro atoms. The van der Waals surface area contributed by atoms with Gasteiger partial charge >= 0.3 is 12.1 Å². The van der Waals surface area contributed by atoms with Crippen molar-refractivity contribution >= 4 is 50.3 Å². The summed E-state index contributed by atoms with van der Waals surface area (Å²) in [4.78, 5) is 28.8. The topological polar surface area (TPSA) is 71.0 Å². The Morgan fingerprint density at radius 3 is 2.47 bits per heavy atom. The molecule has 0 N–H and O–H groups in total. The number of benzene rings is 1. The zero-order valence-corrected chi connectivity index (χ0v) is 24.4. The van der Waals surface area contributed by atoms with Crippen molar-refractivity contribution in [2.45, 2.75) is 82.5 Å². The molecule has 4 saturated heterocycles. The molecule has 206 valence electrons. The molecule has 1 aromatic heterocycles. The van der Waals surface area contributed by atoms with Crippen molar-refractivity contribution in [1.29, 1.82) is 0 Å². The molecule has 0 saturated carbocycles. The lowest BCUT2D eigenvalue weighted by Crippen LogP contribution is -2.56. The van der Waals surface area contributed by atoms with Crippen molar-refractivity contribution in [3.8, 4) is 6.01 Å². The summed E-state index contributed by atoms with van der Waals surface area (Å²) < 4.78 is 27.6. The summed E-state index contributed by atoms with van der Waals surface area (Å²) in [5.41, 5.74) is -0.351. The van der Waals surface area contributed by atoms with Crippen LogP contribution in [0.3, 0.4) is 0 Å². The van der Waals surface area contributed by atoms with Crippen LogP contribution in [0.2, 0.25) is 5.02 Å². The van der Waals surface area contributed by atoms with E-state index >= 15 is 4.39 Å². The molecule has 11 heteroatoms. The van der Waals surface area contributed by atoms with Gasteiger partial charge in [0, 0.05) is 30.6 Å². The van der Waals surface area contributed by atoms with Crippen molar-refractivity contribution in [2.24, 2.45) is 0 Å². The van der Waals surface area contributed by atoms with E-state index in [0.717, 1.165) is 38.8 Å². The molecular weight excluding hydrogens is 577 g/mol. The number of nitrogens with zero attached hydrogens (tertiary/aromatic N) is 5. The largest absolute Gasteiger partial charge is 0.461 e. The minimum Gasteiger partial charge on any atom is -0.461 e. The lowest BCUT2D eigenvalue weighted by molar-refractivity contribution is 0.0209. The number of carbonyl (C=O) groups is 1. The molecule has 4 aliphatic heterocycles. The third kappa shape index (κ3) is 4.60. The molecule has 38 heavy (non-hydrogen) atoms. The van der Waals surface area contributed by atoms with Gasteiger partial charge < -0.3 is 19.3 Å². The van der Waals surface area contributed by atoms with Gasteiger partial charge in [0.2, 0.25) is 0 Å². The van der Waals surface area contributed by atoms with Gasteiger partial charge in [-0.15, -0.1) is 0 Å². The van der Waals surface area contributed by atoms with Gasteiger partial charge in [0.15, 0.2) is 5.82 Å². The quantitative estimate of drug-likeness (QED) is 0.407. The van der Waals surface area contributed by atoms with E-state index in [0.29, 0.717) is 30.9 Å². The highest BCUT2D eigenvalue weighted by Crippen LogP contribution is 2.43. The third-order valence-electron chi connectivity index (χ3n) is 8.45. The van der Waals surface area contributed by atoms with Gasteiger partial charge in [-0.05, 0) is 94.4 Å². The fourth-order valence-electron chi connectivity index (χ4n) is 6.78. The Hall–Kier alpha value is -1.91. The van der Waals surface area contributed by atoms with Crippen LogP contribution in [0.15, 0.2) is 10.5 Å². The fraction of sp³-hybridized carbons (Fsp3) is 0.667. The molecule has 0 radical (unpaired) electrons.